The first kappa shape index (κ1) is 14.8. The van der Waals surface area contributed by atoms with Gasteiger partial charge in [0, 0.05) is 25.7 Å². The van der Waals surface area contributed by atoms with Gasteiger partial charge in [0.05, 0.1) is 19.8 Å². The minimum Gasteiger partial charge on any atom is -0.497 e. The molecule has 0 saturated heterocycles. The summed E-state index contributed by atoms with van der Waals surface area (Å²) in [5.74, 6) is 0.823. The van der Waals surface area contributed by atoms with Crippen molar-refractivity contribution in [1.82, 2.24) is 4.90 Å². The summed E-state index contributed by atoms with van der Waals surface area (Å²) < 4.78 is 10.5. The molecule has 116 valence electrons. The van der Waals surface area contributed by atoms with Gasteiger partial charge in [0.25, 0.3) is 0 Å². The van der Waals surface area contributed by atoms with Gasteiger partial charge in [0.15, 0.2) is 0 Å². The first-order valence-electron chi connectivity index (χ1n) is 7.84. The molecule has 2 aliphatic carbocycles. The molecule has 0 aliphatic heterocycles. The summed E-state index contributed by atoms with van der Waals surface area (Å²) in [4.78, 5) is 2.45. The van der Waals surface area contributed by atoms with Crippen molar-refractivity contribution in [2.45, 2.75) is 43.9 Å². The number of benzene rings is 1. The van der Waals surface area contributed by atoms with Gasteiger partial charge in [-0.2, -0.15) is 0 Å². The fourth-order valence-corrected chi connectivity index (χ4v) is 3.44. The van der Waals surface area contributed by atoms with Gasteiger partial charge in [0.2, 0.25) is 0 Å². The summed E-state index contributed by atoms with van der Waals surface area (Å²) in [6.45, 7) is 1.63. The zero-order valence-electron chi connectivity index (χ0n) is 12.9. The van der Waals surface area contributed by atoms with Crippen LogP contribution >= 0.6 is 0 Å². The first-order valence-corrected chi connectivity index (χ1v) is 7.84. The van der Waals surface area contributed by atoms with Gasteiger partial charge >= 0.3 is 0 Å². The van der Waals surface area contributed by atoms with Crippen molar-refractivity contribution < 1.29 is 14.6 Å². The second-order valence-corrected chi connectivity index (χ2v) is 6.08. The van der Waals surface area contributed by atoms with Gasteiger partial charge in [-0.25, -0.2) is 0 Å². The zero-order valence-corrected chi connectivity index (χ0v) is 12.9. The van der Waals surface area contributed by atoms with E-state index in [0.717, 1.165) is 37.3 Å². The monoisotopic (exact) mass is 291 g/mol. The predicted molar refractivity (Wildman–Crippen MR) is 81.7 cm³/mol. The molecule has 0 heterocycles. The van der Waals surface area contributed by atoms with Crippen LogP contribution in [-0.2, 0) is 11.2 Å². The topological polar surface area (TPSA) is 41.9 Å². The van der Waals surface area contributed by atoms with E-state index in [0.29, 0.717) is 6.04 Å². The van der Waals surface area contributed by atoms with E-state index in [9.17, 15) is 5.11 Å². The van der Waals surface area contributed by atoms with Crippen LogP contribution in [0.3, 0.4) is 0 Å². The molecular weight excluding hydrogens is 266 g/mol. The van der Waals surface area contributed by atoms with Crippen molar-refractivity contribution in [3.63, 3.8) is 0 Å². The molecule has 4 nitrogen and oxygen atoms in total. The highest BCUT2D eigenvalue weighted by atomic mass is 16.5. The van der Waals surface area contributed by atoms with Crippen LogP contribution in [0.15, 0.2) is 18.2 Å². The lowest BCUT2D eigenvalue weighted by Crippen LogP contribution is -2.45. The second kappa shape index (κ2) is 6.34. The van der Waals surface area contributed by atoms with Gasteiger partial charge in [-0.05, 0) is 48.9 Å². The summed E-state index contributed by atoms with van der Waals surface area (Å²) >= 11 is 0. The zero-order chi connectivity index (χ0) is 14.8. The van der Waals surface area contributed by atoms with Crippen LogP contribution in [0.4, 0.5) is 0 Å². The molecule has 1 aromatic carbocycles. The molecule has 0 radical (unpaired) electrons. The van der Waals surface area contributed by atoms with E-state index in [1.165, 1.54) is 18.4 Å². The van der Waals surface area contributed by atoms with Crippen LogP contribution < -0.4 is 4.74 Å². The Morgan fingerprint density at radius 1 is 1.24 bits per heavy atom. The molecule has 0 amide bonds. The summed E-state index contributed by atoms with van der Waals surface area (Å²) in [5, 5.41) is 10.8. The number of methoxy groups -OCH3 is 2. The second-order valence-electron chi connectivity index (χ2n) is 6.08. The lowest BCUT2D eigenvalue weighted by Gasteiger charge is -2.39. The van der Waals surface area contributed by atoms with Gasteiger partial charge in [-0.1, -0.05) is 6.07 Å². The van der Waals surface area contributed by atoms with E-state index >= 15 is 0 Å². The average Bonchev–Trinajstić information content (AvgIpc) is 3.34. The van der Waals surface area contributed by atoms with Gasteiger partial charge in [-0.15, -0.1) is 0 Å². The number of aliphatic hydroxyl groups is 1. The Hall–Kier alpha value is -1.10. The standard InChI is InChI=1S/C17H25NO3/c1-20-10-9-18(13-5-6-13)16-8-4-12-3-7-14(21-2)11-15(12)17(16)19/h3,7,11,13,16-17,19H,4-6,8-10H2,1-2H3. The highest BCUT2D eigenvalue weighted by Crippen LogP contribution is 2.39. The third kappa shape index (κ3) is 3.07. The number of fused-ring (bicyclic) bond motifs is 1. The maximum atomic E-state index is 10.8. The predicted octanol–water partition coefficient (Wildman–Crippen LogP) is 2.15. The summed E-state index contributed by atoms with van der Waals surface area (Å²) in [7, 11) is 3.41. The number of hydrogen-bond donors (Lipinski definition) is 1. The molecule has 1 N–H and O–H groups in total. The first-order chi connectivity index (χ1) is 10.2. The normalized spacial score (nSPS) is 25.0. The Morgan fingerprint density at radius 2 is 2.05 bits per heavy atom. The Balaban J connectivity index is 1.80. The van der Waals surface area contributed by atoms with E-state index in [4.69, 9.17) is 9.47 Å². The van der Waals surface area contributed by atoms with Crippen molar-refractivity contribution in [2.75, 3.05) is 27.4 Å². The smallest absolute Gasteiger partial charge is 0.119 e. The molecule has 4 heteroatoms. The van der Waals surface area contributed by atoms with Crippen molar-refractivity contribution in [2.24, 2.45) is 0 Å². The molecule has 3 rings (SSSR count). The van der Waals surface area contributed by atoms with E-state index in [-0.39, 0.29) is 6.04 Å². The Kier molecular flexibility index (Phi) is 4.48. The average molecular weight is 291 g/mol. The molecular formula is C17H25NO3. The van der Waals surface area contributed by atoms with Crippen LogP contribution in [0.2, 0.25) is 0 Å². The third-order valence-corrected chi connectivity index (χ3v) is 4.74. The lowest BCUT2D eigenvalue weighted by molar-refractivity contribution is 0.0177. The number of hydrogen-bond acceptors (Lipinski definition) is 4. The van der Waals surface area contributed by atoms with Crippen LogP contribution in [0, 0.1) is 0 Å². The summed E-state index contributed by atoms with van der Waals surface area (Å²) in [5.41, 5.74) is 2.29. The van der Waals surface area contributed by atoms with Crippen LogP contribution in [-0.4, -0.2) is 49.5 Å². The highest BCUT2D eigenvalue weighted by Gasteiger charge is 2.39. The molecule has 1 saturated carbocycles. The quantitative estimate of drug-likeness (QED) is 0.872. The Bertz CT molecular complexity index is 487. The SMILES string of the molecule is COCCN(C1CC1)C1CCc2ccc(OC)cc2C1O. The number of rotatable bonds is 6. The number of nitrogens with zero attached hydrogens (tertiary/aromatic N) is 1. The maximum Gasteiger partial charge on any atom is 0.119 e. The van der Waals surface area contributed by atoms with Crippen molar-refractivity contribution in [1.29, 1.82) is 0 Å². The summed E-state index contributed by atoms with van der Waals surface area (Å²) in [6, 6.07) is 6.90. The maximum absolute atomic E-state index is 10.8. The molecule has 21 heavy (non-hydrogen) atoms. The van der Waals surface area contributed by atoms with Crippen LogP contribution in [0.25, 0.3) is 0 Å². The van der Waals surface area contributed by atoms with Crippen LogP contribution in [0.5, 0.6) is 5.75 Å². The number of ether oxygens (including phenoxy) is 2. The van der Waals surface area contributed by atoms with E-state index in [1.54, 1.807) is 14.2 Å². The van der Waals surface area contributed by atoms with E-state index < -0.39 is 6.10 Å². The number of aryl methyl sites for hydroxylation is 1. The molecule has 1 fully saturated rings. The van der Waals surface area contributed by atoms with E-state index in [1.807, 2.05) is 12.1 Å². The van der Waals surface area contributed by atoms with Crippen molar-refractivity contribution >= 4 is 0 Å². The molecule has 2 atom stereocenters. The minimum atomic E-state index is -0.429. The minimum absolute atomic E-state index is 0.201. The molecule has 0 spiro atoms. The number of aliphatic hydroxyl groups excluding tert-OH is 1. The fraction of sp³-hybridized carbons (Fsp3) is 0.647. The molecule has 0 bridgehead atoms. The van der Waals surface area contributed by atoms with E-state index in [2.05, 4.69) is 11.0 Å². The van der Waals surface area contributed by atoms with Crippen molar-refractivity contribution in [3.05, 3.63) is 29.3 Å². The molecule has 2 aliphatic rings. The Morgan fingerprint density at radius 3 is 2.71 bits per heavy atom. The fourth-order valence-electron chi connectivity index (χ4n) is 3.44. The Labute approximate surface area is 126 Å². The molecule has 0 aromatic heterocycles. The largest absolute Gasteiger partial charge is 0.497 e. The lowest BCUT2D eigenvalue weighted by atomic mass is 9.84. The van der Waals surface area contributed by atoms with Crippen molar-refractivity contribution in [3.8, 4) is 5.75 Å². The van der Waals surface area contributed by atoms with Gasteiger partial charge in [-0.3, -0.25) is 4.90 Å². The third-order valence-electron chi connectivity index (χ3n) is 4.74. The summed E-state index contributed by atoms with van der Waals surface area (Å²) in [6.07, 6.45) is 4.11. The van der Waals surface area contributed by atoms with Gasteiger partial charge in [0.1, 0.15) is 5.75 Å². The van der Waals surface area contributed by atoms with Gasteiger partial charge < -0.3 is 14.6 Å². The molecule has 2 unspecified atom stereocenters. The molecule has 1 aromatic rings. The highest BCUT2D eigenvalue weighted by molar-refractivity contribution is 5.39. The van der Waals surface area contributed by atoms with Crippen LogP contribution in [0.1, 0.15) is 36.5 Å².